The first-order chi connectivity index (χ1) is 43.5. The van der Waals surface area contributed by atoms with Gasteiger partial charge in [0.2, 0.25) is 0 Å². The number of fused-ring (bicyclic) bond motifs is 16. The Hall–Kier alpha value is -10.5. The van der Waals surface area contributed by atoms with Crippen LogP contribution in [0, 0.1) is 0 Å². The van der Waals surface area contributed by atoms with Crippen molar-refractivity contribution in [2.24, 2.45) is 4.99 Å². The lowest BCUT2D eigenvalue weighted by molar-refractivity contribution is 0.660. The smallest absolute Gasteiger partial charge is 0.111 e. The van der Waals surface area contributed by atoms with Gasteiger partial charge in [-0.3, -0.25) is 4.90 Å². The summed E-state index contributed by atoms with van der Waals surface area (Å²) in [5.41, 5.74) is 26.3. The quantitative estimate of drug-likeness (QED) is 0.110. The number of hydrogen-bond donors (Lipinski definition) is 0. The van der Waals surface area contributed by atoms with Crippen LogP contribution in [0.15, 0.2) is 272 Å². The maximum absolute atomic E-state index is 5.88. The van der Waals surface area contributed by atoms with Crippen molar-refractivity contribution >= 4 is 88.3 Å². The van der Waals surface area contributed by atoms with Crippen molar-refractivity contribution in [3.8, 4) is 44.8 Å². The van der Waals surface area contributed by atoms with Gasteiger partial charge in [-0.1, -0.05) is 217 Å². The van der Waals surface area contributed by atoms with Gasteiger partial charge < -0.3 is 13.7 Å². The summed E-state index contributed by atoms with van der Waals surface area (Å²) in [4.78, 5) is 8.21. The minimum atomic E-state index is -0.203. The maximum Gasteiger partial charge on any atom is 0.111 e. The van der Waals surface area contributed by atoms with Crippen molar-refractivity contribution in [1.29, 1.82) is 0 Å². The molecule has 0 N–H and O–H groups in total. The average molecular weight is 1150 g/mol. The number of aliphatic imine (C=N–C) groups is 1. The zero-order valence-electron chi connectivity index (χ0n) is 51.7. The molecule has 17 rings (SSSR count). The van der Waals surface area contributed by atoms with Crippen LogP contribution in [-0.2, 0) is 10.8 Å². The molecule has 0 fully saturated rings. The lowest BCUT2D eigenvalue weighted by Crippen LogP contribution is -2.23. The van der Waals surface area contributed by atoms with Crippen LogP contribution < -0.4 is 4.90 Å². The lowest BCUT2D eigenvalue weighted by Gasteiger charge is -2.26. The Morgan fingerprint density at radius 1 is 0.382 bits per heavy atom. The van der Waals surface area contributed by atoms with Crippen LogP contribution in [0.25, 0.3) is 110 Å². The highest BCUT2D eigenvalue weighted by atomic mass is 15.2. The zero-order chi connectivity index (χ0) is 60.4. The Kier molecular flexibility index (Phi) is 12.5. The molecule has 0 amide bonds. The highest BCUT2D eigenvalue weighted by Gasteiger charge is 2.39. The molecule has 0 saturated heterocycles. The van der Waals surface area contributed by atoms with Crippen molar-refractivity contribution in [3.63, 3.8) is 0 Å². The molecular weight excluding hydrogens is 1080 g/mol. The van der Waals surface area contributed by atoms with Gasteiger partial charge in [0.15, 0.2) is 0 Å². The van der Waals surface area contributed by atoms with Crippen molar-refractivity contribution < 1.29 is 0 Å². The number of amidine groups is 1. The molecule has 89 heavy (non-hydrogen) atoms. The van der Waals surface area contributed by atoms with Gasteiger partial charge >= 0.3 is 0 Å². The molecule has 0 saturated carbocycles. The van der Waals surface area contributed by atoms with E-state index in [1.165, 1.54) is 105 Å². The minimum absolute atomic E-state index is 0.107. The van der Waals surface area contributed by atoms with E-state index in [0.717, 1.165) is 56.4 Å². The first-order valence-corrected chi connectivity index (χ1v) is 31.6. The van der Waals surface area contributed by atoms with E-state index in [9.17, 15) is 0 Å². The highest BCUT2D eigenvalue weighted by molar-refractivity contribution is 6.15. The van der Waals surface area contributed by atoms with Crippen LogP contribution in [0.3, 0.4) is 0 Å². The molecule has 1 atom stereocenters. The molecule has 15 aromatic rings. The van der Waals surface area contributed by atoms with Gasteiger partial charge in [-0.15, -0.1) is 0 Å². The van der Waals surface area contributed by atoms with Gasteiger partial charge in [0.05, 0.1) is 39.3 Å². The first-order valence-electron chi connectivity index (χ1n) is 31.6. The third-order valence-electron chi connectivity index (χ3n) is 19.6. The molecule has 2 aliphatic rings. The molecule has 3 aromatic heterocycles. The first kappa shape index (κ1) is 53.9. The number of aromatic nitrogens is 3. The maximum atomic E-state index is 5.88. The zero-order valence-corrected chi connectivity index (χ0v) is 51.7. The Balaban J connectivity index is 0.00000315. The molecule has 0 aliphatic heterocycles. The minimum Gasteiger partial charge on any atom is -0.333 e. The van der Waals surface area contributed by atoms with Gasteiger partial charge in [0.25, 0.3) is 0 Å². The van der Waals surface area contributed by atoms with Gasteiger partial charge in [-0.05, 0) is 160 Å². The monoisotopic (exact) mass is 1150 g/mol. The molecule has 3 heterocycles. The summed E-state index contributed by atoms with van der Waals surface area (Å²) in [5.74, 6) is 0.853. The van der Waals surface area contributed by atoms with Gasteiger partial charge in [-0.2, -0.15) is 0 Å². The number of benzene rings is 12. The summed E-state index contributed by atoms with van der Waals surface area (Å²) < 4.78 is 7.49. The summed E-state index contributed by atoms with van der Waals surface area (Å²) in [7, 11) is 0. The van der Waals surface area contributed by atoms with Crippen molar-refractivity contribution in [3.05, 3.63) is 295 Å². The predicted octanol–water partition coefficient (Wildman–Crippen LogP) is 22.8. The third kappa shape index (κ3) is 8.11. The second-order valence-corrected chi connectivity index (χ2v) is 25.1. The number of anilines is 2. The summed E-state index contributed by atoms with van der Waals surface area (Å²) in [6.07, 6.45) is 0. The Morgan fingerprint density at radius 2 is 0.899 bits per heavy atom. The molecule has 430 valence electrons. The molecular formula is C84H69N5. The SMILES string of the molecule is CC.CC(=Nc1ccc(-n2c3ccccc3c3ccc(-c4ccc5c(c4)C(C)(C)c4ccccc4-5)cc32)cc1C(C)n1c2ccccc2c2c3c(ccc21)-c1ccccc1C3(C)C)N(c1ccccc1)c1ccc2c3ccccc3n(-c3ccccc3)c2c1. The van der Waals surface area contributed by atoms with E-state index in [0.29, 0.717) is 0 Å². The average Bonchev–Trinajstić information content (AvgIpc) is 1.59. The van der Waals surface area contributed by atoms with Crippen molar-refractivity contribution in [2.75, 3.05) is 4.90 Å². The van der Waals surface area contributed by atoms with Gasteiger partial charge in [-0.25, -0.2) is 4.99 Å². The van der Waals surface area contributed by atoms with E-state index in [-0.39, 0.29) is 16.9 Å². The Bertz CT molecular complexity index is 5380. The number of hydrogen-bond acceptors (Lipinski definition) is 1. The second-order valence-electron chi connectivity index (χ2n) is 25.1. The van der Waals surface area contributed by atoms with Crippen LogP contribution in [0.4, 0.5) is 17.1 Å². The van der Waals surface area contributed by atoms with Crippen molar-refractivity contribution in [2.45, 2.75) is 72.3 Å². The topological polar surface area (TPSA) is 30.4 Å². The van der Waals surface area contributed by atoms with Crippen molar-refractivity contribution in [1.82, 2.24) is 13.7 Å². The third-order valence-corrected chi connectivity index (χ3v) is 19.6. The fourth-order valence-corrected chi connectivity index (χ4v) is 15.6. The normalized spacial score (nSPS) is 14.0. The summed E-state index contributed by atoms with van der Waals surface area (Å²) in [5, 5.41) is 7.45. The largest absolute Gasteiger partial charge is 0.333 e. The lowest BCUT2D eigenvalue weighted by atomic mass is 9.80. The Morgan fingerprint density at radius 3 is 1.61 bits per heavy atom. The second kappa shape index (κ2) is 20.6. The number of rotatable bonds is 8. The molecule has 0 spiro atoms. The van der Waals surface area contributed by atoms with E-state index in [2.05, 4.69) is 327 Å². The molecule has 2 aliphatic carbocycles. The molecule has 0 radical (unpaired) electrons. The van der Waals surface area contributed by atoms with Crippen LogP contribution in [0.5, 0.6) is 0 Å². The van der Waals surface area contributed by atoms with E-state index in [1.54, 1.807) is 0 Å². The molecule has 1 unspecified atom stereocenters. The van der Waals surface area contributed by atoms with Crippen LogP contribution >= 0.6 is 0 Å². The number of para-hydroxylation sites is 5. The fourth-order valence-electron chi connectivity index (χ4n) is 15.6. The molecule has 5 nitrogen and oxygen atoms in total. The summed E-state index contributed by atoms with van der Waals surface area (Å²) in [6.45, 7) is 18.1. The summed E-state index contributed by atoms with van der Waals surface area (Å²) >= 11 is 0. The van der Waals surface area contributed by atoms with Crippen LogP contribution in [-0.4, -0.2) is 19.5 Å². The van der Waals surface area contributed by atoms with Gasteiger partial charge in [0.1, 0.15) is 5.84 Å². The van der Waals surface area contributed by atoms with E-state index in [1.807, 2.05) is 13.8 Å². The van der Waals surface area contributed by atoms with E-state index < -0.39 is 0 Å². The van der Waals surface area contributed by atoms with Gasteiger partial charge in [0, 0.05) is 77.0 Å². The summed E-state index contributed by atoms with van der Waals surface area (Å²) in [6, 6.07) is 98.8. The van der Waals surface area contributed by atoms with Crippen LogP contribution in [0.2, 0.25) is 0 Å². The molecule has 5 heteroatoms. The van der Waals surface area contributed by atoms with Crippen LogP contribution in [0.1, 0.15) is 89.2 Å². The fraction of sp³-hybridized carbons (Fsp3) is 0.131. The predicted molar refractivity (Wildman–Crippen MR) is 378 cm³/mol. The standard InChI is InChI=1S/C82H63N5.C2H6/c1-51(84-75-36-22-17-31-67(75)79-76(84)46-44-66-60-28-14-19-33-70(60)82(5,6)80(66)79)68-49-57(87-74-35-21-16-29-62(74)64-42-38-54(48-77(64)87)53-37-41-61-59-27-13-18-32-69(59)81(3,4)71(61)47-53)40-45-72(68)83-52(2)85(55-23-9-7-10-24-55)58-39-43-65-63-30-15-20-34-73(63)86(78(65)50-58)56-25-11-8-12-26-56;1-2/h7-51H,1-6H3;1-2H3. The highest BCUT2D eigenvalue weighted by Crippen LogP contribution is 2.54. The van der Waals surface area contributed by atoms with E-state index in [4.69, 9.17) is 4.99 Å². The van der Waals surface area contributed by atoms with E-state index >= 15 is 0 Å². The molecule has 12 aromatic carbocycles. The molecule has 0 bridgehead atoms. The number of nitrogens with zero attached hydrogens (tertiary/aromatic N) is 5. The Labute approximate surface area is 520 Å².